The van der Waals surface area contributed by atoms with Crippen molar-refractivity contribution in [1.29, 1.82) is 0 Å². The Kier molecular flexibility index (Phi) is 15.7. The molecule has 1 unspecified atom stereocenters. The Bertz CT molecular complexity index is 1700. The fourth-order valence-electron chi connectivity index (χ4n) is 8.81. The van der Waals surface area contributed by atoms with E-state index >= 15 is 0 Å². The van der Waals surface area contributed by atoms with Gasteiger partial charge in [0.15, 0.2) is 12.1 Å². The van der Waals surface area contributed by atoms with Gasteiger partial charge in [-0.05, 0) is 78.6 Å². The predicted octanol–water partition coefficient (Wildman–Crippen LogP) is 3.41. The summed E-state index contributed by atoms with van der Waals surface area (Å²) in [6.07, 6.45) is 0.763. The molecule has 0 aliphatic carbocycles. The molecule has 14 atom stereocenters. The predicted molar refractivity (Wildman–Crippen MR) is 217 cm³/mol. The summed E-state index contributed by atoms with van der Waals surface area (Å²) in [4.78, 5) is 59.1. The number of esters is 1. The van der Waals surface area contributed by atoms with Crippen molar-refractivity contribution < 1.29 is 57.9 Å². The SMILES string of the molecule is CC[C@H]1OC(=O)[C@H](C)C(=O)[C@H](C)[C@@H](O[C@@H]2O[C@H](C)C[C@H](N(C)C)[C@H]2O)[C@@]2(C)C[C@@H](C)C3=NC(=O)C(COC/C=C/c4cccnc4)O/N=C(\CO[C@@H]([C@@H]3C)[C@]1(C)O)CO2. The fraction of sp³-hybridized carbons (Fsp3) is 0.721. The Morgan fingerprint density at radius 1 is 1.07 bits per heavy atom. The molecule has 2 N–H and O–H groups in total. The second-order valence-corrected chi connectivity index (χ2v) is 17.2. The maximum absolute atomic E-state index is 14.4. The normalized spacial score (nSPS) is 40.1. The second-order valence-electron chi connectivity index (χ2n) is 17.2. The number of amides is 1. The Hall–Kier alpha value is -3.48. The zero-order valence-corrected chi connectivity index (χ0v) is 36.1. The number of ether oxygens (including phenoxy) is 6. The van der Waals surface area contributed by atoms with E-state index in [9.17, 15) is 24.6 Å². The molecular weight excluding hydrogens is 764 g/mol. The van der Waals surface area contributed by atoms with Gasteiger partial charge in [-0.2, -0.15) is 0 Å². The molecule has 16 nitrogen and oxygen atoms in total. The average molecular weight is 829 g/mol. The molecule has 59 heavy (non-hydrogen) atoms. The third-order valence-electron chi connectivity index (χ3n) is 12.1. The summed E-state index contributed by atoms with van der Waals surface area (Å²) in [5.74, 6) is -5.56. The van der Waals surface area contributed by atoms with Crippen LogP contribution in [-0.2, 0) is 47.6 Å². The largest absolute Gasteiger partial charge is 0.459 e. The smallest absolute Gasteiger partial charge is 0.316 e. The monoisotopic (exact) mass is 828 g/mol. The van der Waals surface area contributed by atoms with E-state index in [1.165, 1.54) is 13.8 Å². The molecule has 0 saturated carbocycles. The summed E-state index contributed by atoms with van der Waals surface area (Å²) >= 11 is 0. The number of ketones is 1. The Labute approximate surface area is 347 Å². The van der Waals surface area contributed by atoms with Crippen LogP contribution in [0.15, 0.2) is 40.8 Å². The molecule has 1 aromatic heterocycles. The molecule has 4 aliphatic heterocycles. The number of aromatic nitrogens is 1. The highest BCUT2D eigenvalue weighted by Gasteiger charge is 2.53. The van der Waals surface area contributed by atoms with E-state index in [0.29, 0.717) is 12.1 Å². The minimum absolute atomic E-state index is 0.139. The van der Waals surface area contributed by atoms with Gasteiger partial charge in [-0.15, -0.1) is 0 Å². The van der Waals surface area contributed by atoms with E-state index in [1.54, 1.807) is 46.2 Å². The second kappa shape index (κ2) is 19.9. The number of likely N-dealkylation sites (N-methyl/N-ethyl adjacent to an activating group) is 1. The highest BCUT2D eigenvalue weighted by molar-refractivity contribution is 6.01. The van der Waals surface area contributed by atoms with Crippen LogP contribution in [-0.4, -0.2) is 150 Å². The van der Waals surface area contributed by atoms with E-state index in [4.69, 9.17) is 33.3 Å². The van der Waals surface area contributed by atoms with Crippen LogP contribution in [0, 0.1) is 23.7 Å². The average Bonchev–Trinajstić information content (AvgIpc) is 3.22. The van der Waals surface area contributed by atoms with Crippen LogP contribution < -0.4 is 0 Å². The first kappa shape index (κ1) is 46.6. The number of carbonyl (C=O) groups is 3. The standard InChI is InChI=1S/C43H64N4O12/c1-11-33-43(8,52)38-26(4)34-24(2)19-42(7,37(27(5)35(48)28(6)40(51)57-33)58-41-36(49)31(47(9)10)18-25(3)56-41)55-22-30(21-54-38)46-59-32(39(50)45-34)23-53-17-13-15-29-14-12-16-44-20-29/h12-16,20,24-28,31-33,36-38,41,49,52H,11,17-19,21-23H2,1-10H3/b15-13+,45-34?,46-30+/t24-,25-,26-,27+,28-,31+,32?,33-,36-,37-,38+,41+,42-,43-/m1/s1. The van der Waals surface area contributed by atoms with Gasteiger partial charge in [0.1, 0.15) is 29.4 Å². The summed E-state index contributed by atoms with van der Waals surface area (Å²) < 4.78 is 38.1. The van der Waals surface area contributed by atoms with Crippen molar-refractivity contribution in [3.8, 4) is 0 Å². The fourth-order valence-corrected chi connectivity index (χ4v) is 8.81. The number of aliphatic hydroxyl groups excluding tert-OH is 1. The van der Waals surface area contributed by atoms with Crippen molar-refractivity contribution in [2.24, 2.45) is 33.8 Å². The lowest BCUT2D eigenvalue weighted by Crippen LogP contribution is -2.60. The molecule has 4 aliphatic rings. The number of aliphatic imine (C=N–C) groups is 1. The molecule has 5 rings (SSSR count). The van der Waals surface area contributed by atoms with Crippen LogP contribution in [0.1, 0.15) is 80.2 Å². The summed E-state index contributed by atoms with van der Waals surface area (Å²) in [5, 5.41) is 28.4. The van der Waals surface area contributed by atoms with E-state index in [2.05, 4.69) is 15.1 Å². The van der Waals surface area contributed by atoms with Gasteiger partial charge < -0.3 is 48.4 Å². The van der Waals surface area contributed by atoms with Gasteiger partial charge in [0.25, 0.3) is 5.91 Å². The van der Waals surface area contributed by atoms with Crippen molar-refractivity contribution in [2.45, 2.75) is 135 Å². The lowest BCUT2D eigenvalue weighted by atomic mass is 9.73. The van der Waals surface area contributed by atoms with Gasteiger partial charge in [-0.1, -0.05) is 51.1 Å². The van der Waals surface area contributed by atoms with Crippen LogP contribution in [0.2, 0.25) is 0 Å². The highest BCUT2D eigenvalue weighted by Crippen LogP contribution is 2.40. The number of fused-ring (bicyclic) bond motifs is 4. The first-order valence-electron chi connectivity index (χ1n) is 20.7. The quantitative estimate of drug-likeness (QED) is 0.209. The van der Waals surface area contributed by atoms with Crippen LogP contribution >= 0.6 is 0 Å². The van der Waals surface area contributed by atoms with Crippen LogP contribution in [0.25, 0.3) is 6.08 Å². The molecule has 3 saturated heterocycles. The number of pyridine rings is 1. The van der Waals surface area contributed by atoms with E-state index in [0.717, 1.165) is 5.56 Å². The number of Topliss-reactive ketones (excluding diaryl/α,β-unsaturated/α-hetero) is 1. The summed E-state index contributed by atoms with van der Waals surface area (Å²) in [6, 6.07) is 3.41. The van der Waals surface area contributed by atoms with E-state index in [-0.39, 0.29) is 57.1 Å². The van der Waals surface area contributed by atoms with Gasteiger partial charge >= 0.3 is 5.97 Å². The van der Waals surface area contributed by atoms with Gasteiger partial charge in [0, 0.05) is 36.0 Å². The molecule has 1 aromatic rings. The molecular formula is C43H64N4O12. The third-order valence-corrected chi connectivity index (χ3v) is 12.1. The zero-order chi connectivity index (χ0) is 43.2. The van der Waals surface area contributed by atoms with Crippen LogP contribution in [0.3, 0.4) is 0 Å². The molecule has 0 spiro atoms. The molecule has 5 heterocycles. The van der Waals surface area contributed by atoms with Crippen molar-refractivity contribution in [2.75, 3.05) is 40.5 Å². The van der Waals surface area contributed by atoms with Crippen LogP contribution in [0.5, 0.6) is 0 Å². The lowest BCUT2D eigenvalue weighted by Gasteiger charge is -2.47. The molecule has 328 valence electrons. The summed E-state index contributed by atoms with van der Waals surface area (Å²) in [6.45, 7) is 13.3. The Morgan fingerprint density at radius 3 is 2.49 bits per heavy atom. The highest BCUT2D eigenvalue weighted by atomic mass is 16.7. The molecule has 4 bridgehead atoms. The molecule has 0 aromatic carbocycles. The van der Waals surface area contributed by atoms with Gasteiger partial charge in [-0.3, -0.25) is 19.4 Å². The topological polar surface area (TPSA) is 197 Å². The van der Waals surface area contributed by atoms with Crippen molar-refractivity contribution in [3.05, 3.63) is 36.2 Å². The van der Waals surface area contributed by atoms with Crippen molar-refractivity contribution in [1.82, 2.24) is 9.88 Å². The van der Waals surface area contributed by atoms with Gasteiger partial charge in [-0.25, -0.2) is 4.99 Å². The first-order chi connectivity index (χ1) is 27.9. The van der Waals surface area contributed by atoms with Crippen LogP contribution in [0.4, 0.5) is 0 Å². The first-order valence-corrected chi connectivity index (χ1v) is 20.7. The maximum atomic E-state index is 14.4. The number of rotatable bonds is 9. The number of nitrogens with zero attached hydrogens (tertiary/aromatic N) is 4. The number of carbonyl (C=O) groups excluding carboxylic acids is 3. The number of hydrogen-bond donors (Lipinski definition) is 2. The summed E-state index contributed by atoms with van der Waals surface area (Å²) in [7, 11) is 3.73. The molecule has 1 amide bonds. The number of oxime groups is 1. The zero-order valence-electron chi connectivity index (χ0n) is 36.1. The number of hydrogen-bond acceptors (Lipinski definition) is 15. The van der Waals surface area contributed by atoms with Gasteiger partial charge in [0.2, 0.25) is 6.10 Å². The minimum Gasteiger partial charge on any atom is -0.459 e. The maximum Gasteiger partial charge on any atom is 0.316 e. The van der Waals surface area contributed by atoms with Crippen molar-refractivity contribution >= 4 is 35.2 Å². The number of aliphatic hydroxyl groups is 2. The molecule has 0 radical (unpaired) electrons. The number of cyclic esters (lactones) is 1. The lowest BCUT2D eigenvalue weighted by molar-refractivity contribution is -0.296. The van der Waals surface area contributed by atoms with E-state index in [1.807, 2.05) is 51.1 Å². The Morgan fingerprint density at radius 2 is 1.81 bits per heavy atom. The minimum atomic E-state index is -1.84. The molecule has 16 heteroatoms. The summed E-state index contributed by atoms with van der Waals surface area (Å²) in [5.41, 5.74) is -1.76. The van der Waals surface area contributed by atoms with Crippen molar-refractivity contribution in [3.63, 3.8) is 0 Å². The Balaban J connectivity index is 1.61. The van der Waals surface area contributed by atoms with Gasteiger partial charge in [0.05, 0.1) is 50.3 Å². The molecule has 3 fully saturated rings. The van der Waals surface area contributed by atoms with E-state index < -0.39 is 89.3 Å². The third kappa shape index (κ3) is 10.9.